The van der Waals surface area contributed by atoms with Crippen molar-refractivity contribution in [3.63, 3.8) is 0 Å². The quantitative estimate of drug-likeness (QED) is 0.670. The average Bonchev–Trinajstić information content (AvgIpc) is 2.39. The molecule has 0 saturated heterocycles. The van der Waals surface area contributed by atoms with Crippen LogP contribution in [0, 0.1) is 12.7 Å². The fourth-order valence-corrected chi connectivity index (χ4v) is 1.75. The first kappa shape index (κ1) is 12.3. The minimum Gasteiger partial charge on any atom is -0.207 e. The van der Waals surface area contributed by atoms with Crippen molar-refractivity contribution in [2.45, 2.75) is 6.92 Å². The topological polar surface area (TPSA) is 0 Å². The zero-order chi connectivity index (χ0) is 13.1. The Morgan fingerprint density at radius 2 is 1.17 bits per heavy atom. The second kappa shape index (κ2) is 5.01. The van der Waals surface area contributed by atoms with Crippen molar-refractivity contribution in [3.8, 4) is 0 Å². The van der Waals surface area contributed by atoms with E-state index in [1.165, 1.54) is 17.7 Å². The van der Waals surface area contributed by atoms with Gasteiger partial charge in [-0.05, 0) is 41.3 Å². The van der Waals surface area contributed by atoms with E-state index < -0.39 is 0 Å². The van der Waals surface area contributed by atoms with Gasteiger partial charge in [-0.25, -0.2) is 4.39 Å². The number of benzene rings is 2. The first-order valence-corrected chi connectivity index (χ1v) is 5.79. The first-order valence-electron chi connectivity index (χ1n) is 5.79. The lowest BCUT2D eigenvalue weighted by Gasteiger charge is -2.10. The van der Waals surface area contributed by atoms with Crippen molar-refractivity contribution in [1.82, 2.24) is 0 Å². The summed E-state index contributed by atoms with van der Waals surface area (Å²) in [4.78, 5) is 0. The minimum absolute atomic E-state index is 0.243. The number of allylic oxidation sites excluding steroid dienone is 2. The van der Waals surface area contributed by atoms with Crippen LogP contribution in [-0.4, -0.2) is 0 Å². The van der Waals surface area contributed by atoms with E-state index in [-0.39, 0.29) is 5.82 Å². The van der Waals surface area contributed by atoms with Gasteiger partial charge in [0, 0.05) is 0 Å². The Kier molecular flexibility index (Phi) is 3.42. The highest BCUT2D eigenvalue weighted by atomic mass is 19.1. The molecule has 0 aliphatic heterocycles. The molecule has 18 heavy (non-hydrogen) atoms. The Labute approximate surface area is 107 Å². The molecular weight excluding hydrogens is 223 g/mol. The van der Waals surface area contributed by atoms with Crippen molar-refractivity contribution in [3.05, 3.63) is 84.2 Å². The zero-order valence-corrected chi connectivity index (χ0v) is 10.4. The number of hydrogen-bond acceptors (Lipinski definition) is 0. The van der Waals surface area contributed by atoms with Crippen LogP contribution in [0.1, 0.15) is 16.7 Å². The number of aryl methyl sites for hydroxylation is 1. The van der Waals surface area contributed by atoms with E-state index in [1.54, 1.807) is 12.1 Å². The van der Waals surface area contributed by atoms with Crippen LogP contribution < -0.4 is 0 Å². The van der Waals surface area contributed by atoms with Gasteiger partial charge in [0.05, 0.1) is 0 Å². The Hall–Kier alpha value is -2.15. The molecule has 0 spiro atoms. The van der Waals surface area contributed by atoms with E-state index >= 15 is 0 Å². The number of rotatable bonds is 3. The normalized spacial score (nSPS) is 10.1. The highest BCUT2D eigenvalue weighted by molar-refractivity contribution is 6.02. The van der Waals surface area contributed by atoms with E-state index in [0.717, 1.165) is 22.3 Å². The third kappa shape index (κ3) is 2.57. The Morgan fingerprint density at radius 3 is 1.61 bits per heavy atom. The van der Waals surface area contributed by atoms with Crippen molar-refractivity contribution in [2.75, 3.05) is 0 Å². The minimum atomic E-state index is -0.243. The van der Waals surface area contributed by atoms with Crippen LogP contribution in [0.15, 0.2) is 61.7 Å². The molecule has 0 heterocycles. The molecule has 0 aromatic heterocycles. The molecule has 0 aliphatic rings. The van der Waals surface area contributed by atoms with E-state index in [4.69, 9.17) is 0 Å². The number of halogens is 1. The second-order valence-electron chi connectivity index (χ2n) is 4.33. The molecule has 0 nitrogen and oxygen atoms in total. The summed E-state index contributed by atoms with van der Waals surface area (Å²) in [6.07, 6.45) is 0. The van der Waals surface area contributed by atoms with E-state index in [1.807, 2.05) is 31.2 Å². The molecule has 0 fully saturated rings. The molecule has 0 unspecified atom stereocenters. The van der Waals surface area contributed by atoms with Crippen LogP contribution in [0.4, 0.5) is 4.39 Å². The lowest BCUT2D eigenvalue weighted by atomic mass is 9.94. The van der Waals surface area contributed by atoms with Gasteiger partial charge in [-0.2, -0.15) is 0 Å². The Morgan fingerprint density at radius 1 is 0.778 bits per heavy atom. The Bertz CT molecular complexity index is 519. The van der Waals surface area contributed by atoms with Crippen LogP contribution in [0.3, 0.4) is 0 Å². The molecule has 0 amide bonds. The number of hydrogen-bond donors (Lipinski definition) is 0. The fourth-order valence-electron chi connectivity index (χ4n) is 1.75. The standard InChI is InChI=1S/C17H15F/c1-12-4-6-15(7-5-12)13(2)14(3)16-8-10-17(18)11-9-16/h4-11H,2-3H2,1H3. The molecular formula is C17H15F. The van der Waals surface area contributed by atoms with Gasteiger partial charge < -0.3 is 0 Å². The van der Waals surface area contributed by atoms with Crippen molar-refractivity contribution < 1.29 is 4.39 Å². The summed E-state index contributed by atoms with van der Waals surface area (Å²) >= 11 is 0. The third-order valence-corrected chi connectivity index (χ3v) is 2.96. The van der Waals surface area contributed by atoms with E-state index in [2.05, 4.69) is 13.2 Å². The molecule has 0 N–H and O–H groups in total. The van der Waals surface area contributed by atoms with Gasteiger partial charge in [0.2, 0.25) is 0 Å². The van der Waals surface area contributed by atoms with E-state index in [0.29, 0.717) is 0 Å². The lowest BCUT2D eigenvalue weighted by Crippen LogP contribution is -1.88. The monoisotopic (exact) mass is 238 g/mol. The van der Waals surface area contributed by atoms with Crippen LogP contribution in [-0.2, 0) is 0 Å². The van der Waals surface area contributed by atoms with Crippen LogP contribution in [0.2, 0.25) is 0 Å². The van der Waals surface area contributed by atoms with Crippen LogP contribution >= 0.6 is 0 Å². The van der Waals surface area contributed by atoms with Gasteiger partial charge in [0.15, 0.2) is 0 Å². The van der Waals surface area contributed by atoms with Crippen LogP contribution in [0.5, 0.6) is 0 Å². The summed E-state index contributed by atoms with van der Waals surface area (Å²) in [6, 6.07) is 14.4. The van der Waals surface area contributed by atoms with Crippen molar-refractivity contribution in [2.24, 2.45) is 0 Å². The predicted octanol–water partition coefficient (Wildman–Crippen LogP) is 4.86. The van der Waals surface area contributed by atoms with E-state index in [9.17, 15) is 4.39 Å². The van der Waals surface area contributed by atoms with Gasteiger partial charge >= 0.3 is 0 Å². The summed E-state index contributed by atoms with van der Waals surface area (Å²) in [5.74, 6) is -0.243. The summed E-state index contributed by atoms with van der Waals surface area (Å²) in [5.41, 5.74) is 4.82. The maximum absolute atomic E-state index is 12.9. The summed E-state index contributed by atoms with van der Waals surface area (Å²) in [5, 5.41) is 0. The van der Waals surface area contributed by atoms with Crippen LogP contribution in [0.25, 0.3) is 11.1 Å². The molecule has 0 bridgehead atoms. The highest BCUT2D eigenvalue weighted by Gasteiger charge is 2.06. The van der Waals surface area contributed by atoms with Gasteiger partial charge in [-0.3, -0.25) is 0 Å². The second-order valence-corrected chi connectivity index (χ2v) is 4.33. The van der Waals surface area contributed by atoms with Crippen molar-refractivity contribution in [1.29, 1.82) is 0 Å². The van der Waals surface area contributed by atoms with Crippen molar-refractivity contribution >= 4 is 11.1 Å². The smallest absolute Gasteiger partial charge is 0.123 e. The summed E-state index contributed by atoms with van der Waals surface area (Å²) in [6.45, 7) is 10.1. The third-order valence-electron chi connectivity index (χ3n) is 2.96. The van der Waals surface area contributed by atoms with Gasteiger partial charge in [0.25, 0.3) is 0 Å². The molecule has 0 atom stereocenters. The fraction of sp³-hybridized carbons (Fsp3) is 0.0588. The predicted molar refractivity (Wildman–Crippen MR) is 75.6 cm³/mol. The summed E-state index contributed by atoms with van der Waals surface area (Å²) in [7, 11) is 0. The molecule has 90 valence electrons. The largest absolute Gasteiger partial charge is 0.207 e. The SMILES string of the molecule is C=C(C(=C)c1ccc(F)cc1)c1ccc(C)cc1. The zero-order valence-electron chi connectivity index (χ0n) is 10.4. The molecule has 0 radical (unpaired) electrons. The maximum Gasteiger partial charge on any atom is 0.123 e. The molecule has 2 rings (SSSR count). The molecule has 0 aliphatic carbocycles. The molecule has 1 heteroatoms. The molecule has 0 saturated carbocycles. The Balaban J connectivity index is 2.26. The average molecular weight is 238 g/mol. The van der Waals surface area contributed by atoms with Gasteiger partial charge in [0.1, 0.15) is 5.82 Å². The van der Waals surface area contributed by atoms with Gasteiger partial charge in [-0.15, -0.1) is 0 Å². The molecule has 2 aromatic carbocycles. The highest BCUT2D eigenvalue weighted by Crippen LogP contribution is 2.28. The first-order chi connectivity index (χ1) is 8.58. The summed E-state index contributed by atoms with van der Waals surface area (Å²) < 4.78 is 12.9. The lowest BCUT2D eigenvalue weighted by molar-refractivity contribution is 0.627. The molecule has 2 aromatic rings. The maximum atomic E-state index is 12.9. The van der Waals surface area contributed by atoms with Gasteiger partial charge in [-0.1, -0.05) is 55.1 Å².